The zero-order valence-electron chi connectivity index (χ0n) is 15.0. The Labute approximate surface area is 141 Å². The first-order chi connectivity index (χ1) is 11.2. The van der Waals surface area contributed by atoms with Crippen LogP contribution in [0.3, 0.4) is 0 Å². The van der Waals surface area contributed by atoms with E-state index in [1.165, 1.54) is 0 Å². The molecule has 1 aromatic heterocycles. The normalized spacial score (nSPS) is 11.7. The van der Waals surface area contributed by atoms with Crippen LogP contribution < -0.4 is 16.6 Å². The fraction of sp³-hybridized carbons (Fsp3) is 0.500. The number of aromatic nitrogens is 2. The first-order valence-corrected chi connectivity index (χ1v) is 8.19. The summed E-state index contributed by atoms with van der Waals surface area (Å²) in [7, 11) is 0. The molecule has 0 spiro atoms. The van der Waals surface area contributed by atoms with Crippen molar-refractivity contribution in [1.29, 1.82) is 0 Å². The largest absolute Gasteiger partial charge is 0.350 e. The topological polar surface area (TPSA) is 73.1 Å². The predicted octanol–water partition coefficient (Wildman–Crippen LogP) is 1.80. The molecule has 24 heavy (non-hydrogen) atoms. The van der Waals surface area contributed by atoms with Gasteiger partial charge in [-0.25, -0.2) is 4.79 Å². The lowest BCUT2D eigenvalue weighted by molar-refractivity contribution is -0.123. The molecule has 6 heteroatoms. The number of nitrogens with zero attached hydrogens (tertiary/aromatic N) is 2. The fourth-order valence-corrected chi connectivity index (χ4v) is 2.84. The second kappa shape index (κ2) is 6.63. The standard InChI is InChI=1S/C18H25N3O3/c1-6-10-20-15-12(2)8-7-9-13(15)16(23)21(17(20)24)11-14(22)19-18(3,4)5/h7-9H,6,10-11H2,1-5H3,(H,19,22). The number of carbonyl (C=O) groups is 1. The monoisotopic (exact) mass is 331 g/mol. The Morgan fingerprint density at radius 2 is 1.83 bits per heavy atom. The molecule has 1 heterocycles. The van der Waals surface area contributed by atoms with Crippen LogP contribution >= 0.6 is 0 Å². The van der Waals surface area contributed by atoms with Crippen molar-refractivity contribution in [3.8, 4) is 0 Å². The molecule has 130 valence electrons. The summed E-state index contributed by atoms with van der Waals surface area (Å²) in [5.74, 6) is -0.350. The van der Waals surface area contributed by atoms with Gasteiger partial charge in [-0.15, -0.1) is 0 Å². The molecule has 0 radical (unpaired) electrons. The highest BCUT2D eigenvalue weighted by molar-refractivity contribution is 5.82. The molecule has 1 amide bonds. The van der Waals surface area contributed by atoms with E-state index < -0.39 is 16.8 Å². The molecular weight excluding hydrogens is 306 g/mol. The van der Waals surface area contributed by atoms with Crippen molar-refractivity contribution < 1.29 is 4.79 Å². The van der Waals surface area contributed by atoms with Crippen LogP contribution in [-0.4, -0.2) is 20.6 Å². The van der Waals surface area contributed by atoms with E-state index in [2.05, 4.69) is 5.32 Å². The highest BCUT2D eigenvalue weighted by Gasteiger charge is 2.19. The van der Waals surface area contributed by atoms with Gasteiger partial charge in [0, 0.05) is 12.1 Å². The molecule has 2 aromatic rings. The van der Waals surface area contributed by atoms with Crippen LogP contribution in [0.4, 0.5) is 0 Å². The van der Waals surface area contributed by atoms with Crippen molar-refractivity contribution in [2.45, 2.75) is 59.7 Å². The van der Waals surface area contributed by atoms with Crippen molar-refractivity contribution in [3.63, 3.8) is 0 Å². The van der Waals surface area contributed by atoms with E-state index >= 15 is 0 Å². The van der Waals surface area contributed by atoms with E-state index in [0.717, 1.165) is 16.6 Å². The molecule has 0 saturated heterocycles. The third-order valence-corrected chi connectivity index (χ3v) is 3.71. The minimum absolute atomic E-state index is 0.275. The molecule has 2 rings (SSSR count). The number of rotatable bonds is 4. The number of carbonyl (C=O) groups excluding carboxylic acids is 1. The lowest BCUT2D eigenvalue weighted by atomic mass is 10.1. The van der Waals surface area contributed by atoms with E-state index in [-0.39, 0.29) is 12.5 Å². The van der Waals surface area contributed by atoms with E-state index in [4.69, 9.17) is 0 Å². The average molecular weight is 331 g/mol. The smallest absolute Gasteiger partial charge is 0.331 e. The third kappa shape index (κ3) is 3.58. The minimum atomic E-state index is -0.437. The Hall–Kier alpha value is -2.37. The maximum absolute atomic E-state index is 12.8. The van der Waals surface area contributed by atoms with Gasteiger partial charge in [0.25, 0.3) is 5.56 Å². The molecule has 0 bridgehead atoms. The molecular formula is C18H25N3O3. The summed E-state index contributed by atoms with van der Waals surface area (Å²) in [5.41, 5.74) is 0.252. The van der Waals surface area contributed by atoms with Crippen molar-refractivity contribution >= 4 is 16.8 Å². The summed E-state index contributed by atoms with van der Waals surface area (Å²) in [6, 6.07) is 5.37. The van der Waals surface area contributed by atoms with Crippen LogP contribution in [-0.2, 0) is 17.9 Å². The van der Waals surface area contributed by atoms with E-state index in [0.29, 0.717) is 17.4 Å². The van der Waals surface area contributed by atoms with Crippen LogP contribution in [0.5, 0.6) is 0 Å². The van der Waals surface area contributed by atoms with E-state index in [1.54, 1.807) is 16.7 Å². The zero-order chi connectivity index (χ0) is 18.1. The number of hydrogen-bond acceptors (Lipinski definition) is 3. The van der Waals surface area contributed by atoms with Gasteiger partial charge in [0.05, 0.1) is 10.9 Å². The number of nitrogens with one attached hydrogen (secondary N) is 1. The number of aryl methyl sites for hydroxylation is 2. The summed E-state index contributed by atoms with van der Waals surface area (Å²) >= 11 is 0. The van der Waals surface area contributed by atoms with Crippen molar-refractivity contribution in [2.24, 2.45) is 0 Å². The van der Waals surface area contributed by atoms with Gasteiger partial charge in [-0.2, -0.15) is 0 Å². The molecule has 0 aliphatic carbocycles. The molecule has 1 aromatic carbocycles. The predicted molar refractivity (Wildman–Crippen MR) is 95.4 cm³/mol. The number of hydrogen-bond donors (Lipinski definition) is 1. The maximum atomic E-state index is 12.8. The SMILES string of the molecule is CCCn1c(=O)n(CC(=O)NC(C)(C)C)c(=O)c2cccc(C)c21. The molecule has 0 aliphatic heterocycles. The van der Waals surface area contributed by atoms with Crippen molar-refractivity contribution in [2.75, 3.05) is 0 Å². The average Bonchev–Trinajstić information content (AvgIpc) is 2.46. The van der Waals surface area contributed by atoms with Gasteiger partial charge in [-0.3, -0.25) is 18.7 Å². The third-order valence-electron chi connectivity index (χ3n) is 3.71. The van der Waals surface area contributed by atoms with Crippen LogP contribution in [0, 0.1) is 6.92 Å². The van der Waals surface area contributed by atoms with Crippen LogP contribution in [0.25, 0.3) is 10.9 Å². The fourth-order valence-electron chi connectivity index (χ4n) is 2.84. The number of benzene rings is 1. The minimum Gasteiger partial charge on any atom is -0.350 e. The molecule has 6 nitrogen and oxygen atoms in total. The molecule has 0 saturated carbocycles. The first kappa shape index (κ1) is 18.0. The number of fused-ring (bicyclic) bond motifs is 1. The van der Waals surface area contributed by atoms with Crippen molar-refractivity contribution in [3.05, 3.63) is 44.6 Å². The maximum Gasteiger partial charge on any atom is 0.331 e. The molecule has 0 aliphatic rings. The van der Waals surface area contributed by atoms with Crippen LogP contribution in [0.2, 0.25) is 0 Å². The Kier molecular flexibility index (Phi) is 4.96. The Morgan fingerprint density at radius 1 is 1.17 bits per heavy atom. The van der Waals surface area contributed by atoms with Crippen LogP contribution in [0.15, 0.2) is 27.8 Å². The van der Waals surface area contributed by atoms with E-state index in [9.17, 15) is 14.4 Å². The molecule has 0 atom stereocenters. The van der Waals surface area contributed by atoms with Gasteiger partial charge in [-0.1, -0.05) is 19.1 Å². The second-order valence-electron chi connectivity index (χ2n) is 7.09. The van der Waals surface area contributed by atoms with E-state index in [1.807, 2.05) is 40.7 Å². The zero-order valence-corrected chi connectivity index (χ0v) is 15.0. The number of amides is 1. The molecule has 1 N–H and O–H groups in total. The summed E-state index contributed by atoms with van der Waals surface area (Å²) in [6.07, 6.45) is 0.760. The van der Waals surface area contributed by atoms with Crippen LogP contribution in [0.1, 0.15) is 39.7 Å². The summed E-state index contributed by atoms with van der Waals surface area (Å²) < 4.78 is 2.62. The first-order valence-electron chi connectivity index (χ1n) is 8.19. The highest BCUT2D eigenvalue weighted by atomic mass is 16.2. The quantitative estimate of drug-likeness (QED) is 0.928. The van der Waals surface area contributed by atoms with Gasteiger partial charge < -0.3 is 5.32 Å². The van der Waals surface area contributed by atoms with Gasteiger partial charge in [0.2, 0.25) is 5.91 Å². The van der Waals surface area contributed by atoms with Gasteiger partial charge >= 0.3 is 5.69 Å². The van der Waals surface area contributed by atoms with Gasteiger partial charge in [-0.05, 0) is 45.7 Å². The summed E-state index contributed by atoms with van der Waals surface area (Å²) in [4.78, 5) is 37.7. The lowest BCUT2D eigenvalue weighted by Crippen LogP contribution is -2.47. The lowest BCUT2D eigenvalue weighted by Gasteiger charge is -2.21. The Morgan fingerprint density at radius 3 is 2.42 bits per heavy atom. The van der Waals surface area contributed by atoms with Gasteiger partial charge in [0.15, 0.2) is 0 Å². The Bertz CT molecular complexity index is 885. The highest BCUT2D eigenvalue weighted by Crippen LogP contribution is 2.14. The molecule has 0 fully saturated rings. The number of para-hydroxylation sites is 1. The summed E-state index contributed by atoms with van der Waals surface area (Å²) in [5, 5.41) is 3.25. The molecule has 0 unspecified atom stereocenters. The Balaban J connectivity index is 2.66. The van der Waals surface area contributed by atoms with Gasteiger partial charge in [0.1, 0.15) is 6.54 Å². The summed E-state index contributed by atoms with van der Waals surface area (Å²) in [6.45, 7) is 9.64. The van der Waals surface area contributed by atoms with Crippen molar-refractivity contribution in [1.82, 2.24) is 14.5 Å². The second-order valence-corrected chi connectivity index (χ2v) is 7.09.